The van der Waals surface area contributed by atoms with E-state index in [9.17, 15) is 37.5 Å². The molecule has 1 aromatic carbocycles. The van der Waals surface area contributed by atoms with Gasteiger partial charge in [-0.1, -0.05) is 18.2 Å². The molecule has 0 bridgehead atoms. The number of aryl methyl sites for hydroxylation is 2. The van der Waals surface area contributed by atoms with Crippen LogP contribution < -0.4 is 11.0 Å². The number of benzene rings is 1. The number of carbonyl (C=O) groups is 3. The van der Waals surface area contributed by atoms with Crippen LogP contribution in [-0.4, -0.2) is 84.7 Å². The number of ether oxygens (including phenoxy) is 1. The van der Waals surface area contributed by atoms with E-state index in [1.54, 1.807) is 27.1 Å². The Labute approximate surface area is 329 Å². The minimum absolute atomic E-state index is 0.0446. The number of fused-ring (bicyclic) bond motifs is 1. The fraction of sp³-hybridized carbons (Fsp3) is 0.561. The molecule has 1 atom stereocenters. The van der Waals surface area contributed by atoms with Crippen molar-refractivity contribution in [2.75, 3.05) is 38.7 Å². The average Bonchev–Trinajstić information content (AvgIpc) is 3.70. The Morgan fingerprint density at radius 1 is 1.02 bits per heavy atom. The van der Waals surface area contributed by atoms with Gasteiger partial charge >= 0.3 is 11.9 Å². The van der Waals surface area contributed by atoms with Gasteiger partial charge in [-0.2, -0.15) is 18.3 Å². The first-order valence-electron chi connectivity index (χ1n) is 19.7. The molecule has 57 heavy (non-hydrogen) atoms. The third-order valence-corrected chi connectivity index (χ3v) is 11.1. The number of halogens is 3. The van der Waals surface area contributed by atoms with E-state index < -0.39 is 35.1 Å². The van der Waals surface area contributed by atoms with E-state index in [0.717, 1.165) is 86.8 Å². The van der Waals surface area contributed by atoms with E-state index in [1.807, 2.05) is 18.2 Å². The Hall–Kier alpha value is -4.67. The summed E-state index contributed by atoms with van der Waals surface area (Å²) in [4.78, 5) is 56.4. The number of para-hydroxylation sites is 1. The molecule has 0 spiro atoms. The number of hydrogen-bond acceptors (Lipinski definition) is 9. The maximum atomic E-state index is 13.2. The van der Waals surface area contributed by atoms with E-state index in [2.05, 4.69) is 27.3 Å². The van der Waals surface area contributed by atoms with Crippen molar-refractivity contribution in [2.24, 2.45) is 13.0 Å². The van der Waals surface area contributed by atoms with Gasteiger partial charge in [0.15, 0.2) is 5.78 Å². The van der Waals surface area contributed by atoms with E-state index in [-0.39, 0.29) is 41.1 Å². The van der Waals surface area contributed by atoms with Gasteiger partial charge in [0, 0.05) is 46.0 Å². The number of aliphatic hydroxyl groups is 1. The average molecular weight is 796 g/mol. The lowest BCUT2D eigenvalue weighted by atomic mass is 9.86. The van der Waals surface area contributed by atoms with Gasteiger partial charge in [-0.05, 0) is 102 Å². The molecule has 13 nitrogen and oxygen atoms in total. The minimum Gasteiger partial charge on any atom is -0.384 e. The summed E-state index contributed by atoms with van der Waals surface area (Å²) < 4.78 is 50.4. The molecule has 2 aliphatic rings. The van der Waals surface area contributed by atoms with Gasteiger partial charge in [0.05, 0.1) is 35.2 Å². The zero-order valence-corrected chi connectivity index (χ0v) is 33.0. The fourth-order valence-electron chi connectivity index (χ4n) is 8.21. The molecule has 0 aliphatic heterocycles. The lowest BCUT2D eigenvalue weighted by Gasteiger charge is -2.31. The smallest absolute Gasteiger partial charge is 0.384 e. The topological polar surface area (TPSA) is 154 Å². The molecule has 308 valence electrons. The first-order chi connectivity index (χ1) is 27.0. The number of nitrogens with zero attached hydrogens (tertiary/aromatic N) is 6. The molecule has 0 saturated heterocycles. The molecule has 16 heteroatoms. The molecule has 4 aromatic rings. The molecule has 2 saturated carbocycles. The van der Waals surface area contributed by atoms with Crippen LogP contribution in [0.1, 0.15) is 111 Å². The summed E-state index contributed by atoms with van der Waals surface area (Å²) in [5, 5.41) is 18.0. The summed E-state index contributed by atoms with van der Waals surface area (Å²) in [6.45, 7) is 6.12. The number of carbonyl (C=O) groups excluding carboxylic acids is 3. The highest BCUT2D eigenvalue weighted by Crippen LogP contribution is 2.36. The molecule has 2 fully saturated rings. The third-order valence-electron chi connectivity index (χ3n) is 11.1. The standard InChI is InChI=1S/C41H52F3N7O6/c1-40(2,56)37-31(46-38(54)30-11-6-13-35(45-30)41(42,43)44)25-50(47-37)28-16-14-26(15-17-28)24-48(3)20-8-22-57-21-7-10-27-9-5-12-33-36(27)49(4)39(55)51(33)32-19-18-29(52)23-34(32)53/h5-6,9,11-13,25-26,28,32,56H,7-8,10,14-24H2,1-4H3,(H,46,54). The maximum absolute atomic E-state index is 13.2. The summed E-state index contributed by atoms with van der Waals surface area (Å²) in [5.74, 6) is -0.604. The number of pyridine rings is 1. The van der Waals surface area contributed by atoms with Crippen LogP contribution in [0.5, 0.6) is 0 Å². The Kier molecular flexibility index (Phi) is 12.8. The number of hydrogen-bond donors (Lipinski definition) is 2. The van der Waals surface area contributed by atoms with Crippen LogP contribution in [0.25, 0.3) is 11.0 Å². The number of anilines is 1. The highest BCUT2D eigenvalue weighted by atomic mass is 19.4. The molecule has 3 heterocycles. The lowest BCUT2D eigenvalue weighted by Crippen LogP contribution is -2.34. The van der Waals surface area contributed by atoms with Crippen LogP contribution in [0.3, 0.4) is 0 Å². The predicted octanol–water partition coefficient (Wildman–Crippen LogP) is 6.00. The van der Waals surface area contributed by atoms with Gasteiger partial charge in [-0.3, -0.25) is 28.2 Å². The lowest BCUT2D eigenvalue weighted by molar-refractivity contribution is -0.141. The number of rotatable bonds is 15. The van der Waals surface area contributed by atoms with Crippen LogP contribution in [0, 0.1) is 5.92 Å². The summed E-state index contributed by atoms with van der Waals surface area (Å²) in [6, 6.07) is 8.35. The molecule has 3 aromatic heterocycles. The van der Waals surface area contributed by atoms with Crippen molar-refractivity contribution in [2.45, 2.75) is 102 Å². The van der Waals surface area contributed by atoms with Crippen LogP contribution >= 0.6 is 0 Å². The second kappa shape index (κ2) is 17.4. The predicted molar refractivity (Wildman–Crippen MR) is 207 cm³/mol. The van der Waals surface area contributed by atoms with Crippen LogP contribution in [0.15, 0.2) is 47.4 Å². The van der Waals surface area contributed by atoms with E-state index in [1.165, 1.54) is 19.9 Å². The molecule has 2 N–H and O–H groups in total. The summed E-state index contributed by atoms with van der Waals surface area (Å²) in [7, 11) is 3.84. The zero-order chi connectivity index (χ0) is 41.1. The normalized spacial score (nSPS) is 19.5. The number of Topliss-reactive ketones (excluding diaryl/α,β-unsaturated/α-hetero) is 2. The largest absolute Gasteiger partial charge is 0.433 e. The maximum Gasteiger partial charge on any atom is 0.433 e. The molecule has 6 rings (SSSR count). The number of amides is 1. The number of ketones is 2. The van der Waals surface area contributed by atoms with Gasteiger partial charge in [0.2, 0.25) is 0 Å². The monoisotopic (exact) mass is 795 g/mol. The Morgan fingerprint density at radius 3 is 2.44 bits per heavy atom. The van der Waals surface area contributed by atoms with Crippen LogP contribution in [0.2, 0.25) is 0 Å². The number of nitrogens with one attached hydrogen (secondary N) is 1. The Balaban J connectivity index is 0.926. The van der Waals surface area contributed by atoms with Crippen molar-refractivity contribution in [1.82, 2.24) is 28.8 Å². The van der Waals surface area contributed by atoms with Crippen molar-refractivity contribution < 1.29 is 37.4 Å². The van der Waals surface area contributed by atoms with Crippen molar-refractivity contribution >= 4 is 34.2 Å². The molecular formula is C41H52F3N7O6. The van der Waals surface area contributed by atoms with Crippen molar-refractivity contribution in [3.63, 3.8) is 0 Å². The molecule has 1 amide bonds. The van der Waals surface area contributed by atoms with E-state index in [0.29, 0.717) is 32.0 Å². The molecular weight excluding hydrogens is 743 g/mol. The highest BCUT2D eigenvalue weighted by molar-refractivity contribution is 6.04. The zero-order valence-electron chi connectivity index (χ0n) is 33.0. The molecule has 0 radical (unpaired) electrons. The van der Waals surface area contributed by atoms with Gasteiger partial charge in [-0.15, -0.1) is 0 Å². The van der Waals surface area contributed by atoms with Gasteiger partial charge in [-0.25, -0.2) is 9.78 Å². The highest BCUT2D eigenvalue weighted by Gasteiger charge is 2.35. The minimum atomic E-state index is -4.69. The van der Waals surface area contributed by atoms with Crippen molar-refractivity contribution in [1.29, 1.82) is 0 Å². The number of aromatic nitrogens is 5. The first-order valence-corrected chi connectivity index (χ1v) is 19.7. The van der Waals surface area contributed by atoms with Crippen molar-refractivity contribution in [3.8, 4) is 0 Å². The third kappa shape index (κ3) is 9.90. The number of alkyl halides is 3. The van der Waals surface area contributed by atoms with Gasteiger partial charge in [0.25, 0.3) is 5.91 Å². The molecule has 2 aliphatic carbocycles. The Morgan fingerprint density at radius 2 is 1.74 bits per heavy atom. The van der Waals surface area contributed by atoms with Gasteiger partial charge in [0.1, 0.15) is 28.5 Å². The SMILES string of the molecule is CN(CCCOCCCc1cccc2c1n(C)c(=O)n2C1CCC(=O)CC1=O)CC1CCC(n2cc(NC(=O)c3cccc(C(F)(F)F)n3)c(C(C)(C)O)n2)CC1. The Bertz CT molecular complexity index is 2140. The second-order valence-electron chi connectivity index (χ2n) is 16.0. The first kappa shape index (κ1) is 41.9. The second-order valence-corrected chi connectivity index (χ2v) is 16.0. The summed E-state index contributed by atoms with van der Waals surface area (Å²) in [6.07, 6.45) is 3.52. The van der Waals surface area contributed by atoms with Crippen LogP contribution in [-0.2, 0) is 39.6 Å². The van der Waals surface area contributed by atoms with Gasteiger partial charge < -0.3 is 20.1 Å². The summed E-state index contributed by atoms with van der Waals surface area (Å²) >= 11 is 0. The fourth-order valence-corrected chi connectivity index (χ4v) is 8.21. The van der Waals surface area contributed by atoms with E-state index in [4.69, 9.17) is 4.74 Å². The van der Waals surface area contributed by atoms with Crippen LogP contribution in [0.4, 0.5) is 18.9 Å². The quantitative estimate of drug-likeness (QED) is 0.109. The van der Waals surface area contributed by atoms with Crippen molar-refractivity contribution in [3.05, 3.63) is 75.7 Å². The summed E-state index contributed by atoms with van der Waals surface area (Å²) in [5.41, 5.74) is -0.204. The van der Waals surface area contributed by atoms with E-state index >= 15 is 0 Å². The number of imidazole rings is 1. The molecule has 1 unspecified atom stereocenters.